The highest BCUT2D eigenvalue weighted by Crippen LogP contribution is 2.10. The summed E-state index contributed by atoms with van der Waals surface area (Å²) in [5.41, 5.74) is -0.306. The Hall–Kier alpha value is -1.18. The highest BCUT2D eigenvalue weighted by molar-refractivity contribution is 5.69. The van der Waals surface area contributed by atoms with Crippen molar-refractivity contribution in [3.8, 4) is 0 Å². The van der Waals surface area contributed by atoms with E-state index in [-0.39, 0.29) is 37.6 Å². The number of carboxylic acid groups (broad SMARTS) is 1. The second-order valence-electron chi connectivity index (χ2n) is 6.44. The van der Waals surface area contributed by atoms with Crippen molar-refractivity contribution in [1.29, 1.82) is 0 Å². The monoisotopic (exact) mass is 350 g/mol. The molecule has 0 spiro atoms. The van der Waals surface area contributed by atoms with E-state index in [1.807, 2.05) is 0 Å². The summed E-state index contributed by atoms with van der Waals surface area (Å²) < 4.78 is 4.98. The fourth-order valence-corrected chi connectivity index (χ4v) is 1.42. The Balaban J connectivity index is 0. The summed E-state index contributed by atoms with van der Waals surface area (Å²) in [4.78, 5) is 21.4. The Bertz CT molecular complexity index is 310. The molecule has 0 unspecified atom stereocenters. The van der Waals surface area contributed by atoms with Crippen LogP contribution in [0, 0.1) is 5.41 Å². The van der Waals surface area contributed by atoms with Gasteiger partial charge in [-0.2, -0.15) is 0 Å². The highest BCUT2D eigenvalue weighted by atomic mass is 16.5. The lowest BCUT2D eigenvalue weighted by molar-refractivity contribution is -0.144. The van der Waals surface area contributed by atoms with Crippen LogP contribution in [0.15, 0.2) is 0 Å². The molecule has 7 nitrogen and oxygen atoms in total. The van der Waals surface area contributed by atoms with Crippen molar-refractivity contribution in [2.24, 2.45) is 5.41 Å². The van der Waals surface area contributed by atoms with Crippen LogP contribution < -0.4 is 0 Å². The minimum Gasteiger partial charge on any atom is -0.481 e. The lowest BCUT2D eigenvalue weighted by Gasteiger charge is -2.16. The van der Waals surface area contributed by atoms with E-state index >= 15 is 0 Å². The van der Waals surface area contributed by atoms with Crippen LogP contribution >= 0.6 is 0 Å². The predicted octanol–water partition coefficient (Wildman–Crippen LogP) is 1.72. The third-order valence-electron chi connectivity index (χ3n) is 3.19. The molecule has 0 aliphatic carbocycles. The first-order valence-electron chi connectivity index (χ1n) is 8.49. The predicted molar refractivity (Wildman–Crippen MR) is 90.6 cm³/mol. The maximum atomic E-state index is 11.2. The molecule has 0 bridgehead atoms. The number of aliphatic hydroxyl groups is 3. The Morgan fingerprint density at radius 1 is 0.833 bits per heavy atom. The molecule has 0 aromatic heterocycles. The van der Waals surface area contributed by atoms with E-state index in [2.05, 4.69) is 0 Å². The van der Waals surface area contributed by atoms with Crippen LogP contribution in [-0.4, -0.2) is 58.8 Å². The zero-order chi connectivity index (χ0) is 18.8. The quantitative estimate of drug-likeness (QED) is 0.294. The Morgan fingerprint density at radius 2 is 1.38 bits per heavy atom. The van der Waals surface area contributed by atoms with Gasteiger partial charge in [0.25, 0.3) is 0 Å². The summed E-state index contributed by atoms with van der Waals surface area (Å²) in [5.74, 6) is -1.08. The summed E-state index contributed by atoms with van der Waals surface area (Å²) in [7, 11) is 0. The van der Waals surface area contributed by atoms with Crippen molar-refractivity contribution in [3.63, 3.8) is 0 Å². The first-order chi connectivity index (χ1) is 11.3. The van der Waals surface area contributed by atoms with Crippen molar-refractivity contribution in [1.82, 2.24) is 0 Å². The maximum Gasteiger partial charge on any atom is 0.305 e. The number of carbonyl (C=O) groups excluding carboxylic acids is 1. The number of unbranched alkanes of at least 4 members (excludes halogenated alkanes) is 4. The van der Waals surface area contributed by atoms with E-state index in [4.69, 9.17) is 25.2 Å². The minimum absolute atomic E-state index is 0.0451. The van der Waals surface area contributed by atoms with Crippen LogP contribution in [-0.2, 0) is 14.3 Å². The van der Waals surface area contributed by atoms with E-state index in [0.717, 1.165) is 25.7 Å². The summed E-state index contributed by atoms with van der Waals surface area (Å²) in [6.07, 6.45) is 5.00. The van der Waals surface area contributed by atoms with E-state index in [1.165, 1.54) is 0 Å². The Labute approximate surface area is 144 Å². The zero-order valence-corrected chi connectivity index (χ0v) is 15.0. The smallest absolute Gasteiger partial charge is 0.305 e. The van der Waals surface area contributed by atoms with Crippen molar-refractivity contribution >= 4 is 11.9 Å². The number of carbonyl (C=O) groups is 2. The highest BCUT2D eigenvalue weighted by Gasteiger charge is 2.13. The van der Waals surface area contributed by atoms with Gasteiger partial charge in [-0.3, -0.25) is 9.59 Å². The third kappa shape index (κ3) is 20.8. The largest absolute Gasteiger partial charge is 0.481 e. The van der Waals surface area contributed by atoms with Gasteiger partial charge < -0.3 is 25.2 Å². The van der Waals surface area contributed by atoms with Crippen LogP contribution in [0.2, 0.25) is 0 Å². The average Bonchev–Trinajstić information content (AvgIpc) is 2.55. The van der Waals surface area contributed by atoms with Gasteiger partial charge in [0.05, 0.1) is 19.8 Å². The lowest BCUT2D eigenvalue weighted by atomic mass is 9.97. The molecule has 24 heavy (non-hydrogen) atoms. The molecule has 0 radical (unpaired) electrons. The second-order valence-corrected chi connectivity index (χ2v) is 6.44. The molecule has 0 amide bonds. The van der Waals surface area contributed by atoms with Gasteiger partial charge in [-0.25, -0.2) is 0 Å². The standard InChI is InChI=1S/C12H22O5.C5H12O2/c13-9-5-1-2-6-10-17-12(16)8-4-3-7-11(14)15;1-5(2,3-6)4-7/h13H,1-10H2,(H,14,15);6-7H,3-4H2,1-2H3. The number of hydrogen-bond donors (Lipinski definition) is 4. The van der Waals surface area contributed by atoms with Crippen LogP contribution in [0.1, 0.15) is 65.2 Å². The van der Waals surface area contributed by atoms with Gasteiger partial charge in [-0.05, 0) is 32.1 Å². The number of rotatable bonds is 13. The van der Waals surface area contributed by atoms with Crippen LogP contribution in [0.3, 0.4) is 0 Å². The van der Waals surface area contributed by atoms with Gasteiger partial charge in [0.2, 0.25) is 0 Å². The van der Waals surface area contributed by atoms with Crippen molar-refractivity contribution < 1.29 is 34.8 Å². The molecular formula is C17H34O7. The summed E-state index contributed by atoms with van der Waals surface area (Å²) in [6.45, 7) is 4.32. The van der Waals surface area contributed by atoms with Crippen molar-refractivity contribution in [2.45, 2.75) is 65.2 Å². The topological polar surface area (TPSA) is 124 Å². The SMILES string of the molecule is CC(C)(CO)CO.O=C(O)CCCCC(=O)OCCCCCCO. The number of hydrogen-bond acceptors (Lipinski definition) is 6. The maximum absolute atomic E-state index is 11.2. The van der Waals surface area contributed by atoms with Crippen LogP contribution in [0.25, 0.3) is 0 Å². The molecule has 0 saturated heterocycles. The van der Waals surface area contributed by atoms with Gasteiger partial charge in [0, 0.05) is 24.9 Å². The van der Waals surface area contributed by atoms with Gasteiger partial charge >= 0.3 is 11.9 Å². The molecule has 144 valence electrons. The second kappa shape index (κ2) is 16.7. The molecule has 0 aromatic rings. The number of ether oxygens (including phenoxy) is 1. The number of carboxylic acids is 1. The average molecular weight is 350 g/mol. The molecule has 0 aliphatic heterocycles. The molecular weight excluding hydrogens is 316 g/mol. The molecule has 0 atom stereocenters. The number of esters is 1. The molecule has 0 rings (SSSR count). The first-order valence-corrected chi connectivity index (χ1v) is 8.49. The first kappa shape index (κ1) is 25.1. The van der Waals surface area contributed by atoms with Crippen molar-refractivity contribution in [2.75, 3.05) is 26.4 Å². The van der Waals surface area contributed by atoms with Crippen molar-refractivity contribution in [3.05, 3.63) is 0 Å². The van der Waals surface area contributed by atoms with Crippen LogP contribution in [0.4, 0.5) is 0 Å². The van der Waals surface area contributed by atoms with E-state index < -0.39 is 5.97 Å². The van der Waals surface area contributed by atoms with E-state index in [0.29, 0.717) is 25.9 Å². The number of aliphatic hydroxyl groups excluding tert-OH is 3. The molecule has 4 N–H and O–H groups in total. The molecule has 7 heteroatoms. The minimum atomic E-state index is -0.831. The fourth-order valence-electron chi connectivity index (χ4n) is 1.42. The van der Waals surface area contributed by atoms with Crippen LogP contribution in [0.5, 0.6) is 0 Å². The van der Waals surface area contributed by atoms with E-state index in [1.54, 1.807) is 13.8 Å². The Kier molecular flexibility index (Phi) is 17.4. The zero-order valence-electron chi connectivity index (χ0n) is 15.0. The summed E-state index contributed by atoms with van der Waals surface area (Å²) in [6, 6.07) is 0. The van der Waals surface area contributed by atoms with E-state index in [9.17, 15) is 9.59 Å². The van der Waals surface area contributed by atoms with Gasteiger partial charge in [-0.1, -0.05) is 20.3 Å². The summed E-state index contributed by atoms with van der Waals surface area (Å²) in [5, 5.41) is 33.8. The molecule has 0 fully saturated rings. The lowest BCUT2D eigenvalue weighted by Crippen LogP contribution is -2.20. The summed E-state index contributed by atoms with van der Waals surface area (Å²) >= 11 is 0. The number of aliphatic carboxylic acids is 1. The molecule has 0 heterocycles. The Morgan fingerprint density at radius 3 is 1.83 bits per heavy atom. The third-order valence-corrected chi connectivity index (χ3v) is 3.19. The molecule has 0 saturated carbocycles. The van der Waals surface area contributed by atoms with Gasteiger partial charge in [0.15, 0.2) is 0 Å². The normalized spacial score (nSPS) is 10.7. The van der Waals surface area contributed by atoms with Gasteiger partial charge in [0.1, 0.15) is 0 Å². The van der Waals surface area contributed by atoms with Gasteiger partial charge in [-0.15, -0.1) is 0 Å². The fraction of sp³-hybridized carbons (Fsp3) is 0.882. The molecule has 0 aromatic carbocycles. The molecule has 0 aliphatic rings.